The van der Waals surface area contributed by atoms with Gasteiger partial charge < -0.3 is 15.4 Å². The topological polar surface area (TPSA) is 111 Å². The van der Waals surface area contributed by atoms with Gasteiger partial charge in [-0.05, 0) is 36.8 Å². The highest BCUT2D eigenvalue weighted by Crippen LogP contribution is 2.29. The average Bonchev–Trinajstić information content (AvgIpc) is 2.57. The molecule has 0 saturated carbocycles. The number of benzene rings is 2. The van der Waals surface area contributed by atoms with Gasteiger partial charge in [0.1, 0.15) is 5.75 Å². The molecule has 8 nitrogen and oxygen atoms in total. The molecular formula is C16H14BrN3O5. The van der Waals surface area contributed by atoms with E-state index in [2.05, 4.69) is 26.6 Å². The Hall–Kier alpha value is -2.94. The van der Waals surface area contributed by atoms with Crippen LogP contribution in [0.5, 0.6) is 5.75 Å². The van der Waals surface area contributed by atoms with Gasteiger partial charge in [0.2, 0.25) is 0 Å². The number of hydrogen-bond donors (Lipinski definition) is 2. The number of nitrogens with one attached hydrogen (secondary N) is 2. The van der Waals surface area contributed by atoms with Crippen LogP contribution in [-0.2, 0) is 9.59 Å². The molecule has 0 unspecified atom stereocenters. The van der Waals surface area contributed by atoms with Crippen LogP contribution >= 0.6 is 15.9 Å². The number of amides is 2. The lowest BCUT2D eigenvalue weighted by Crippen LogP contribution is -2.29. The standard InChI is InChI=1S/C16H14BrN3O5/c1-9-7-10(3-5-12(9)17)18-15(21)16(22)19-13-8-11(20(23)24)4-6-14(13)25-2/h3-8H,1-2H3,(H,18,21)(H,19,22). The van der Waals surface area contributed by atoms with Crippen molar-refractivity contribution in [2.24, 2.45) is 0 Å². The van der Waals surface area contributed by atoms with Crippen molar-refractivity contribution in [3.63, 3.8) is 0 Å². The van der Waals surface area contributed by atoms with E-state index in [0.717, 1.165) is 16.1 Å². The van der Waals surface area contributed by atoms with Crippen molar-refractivity contribution in [1.29, 1.82) is 0 Å². The van der Waals surface area contributed by atoms with E-state index in [4.69, 9.17) is 4.74 Å². The predicted molar refractivity (Wildman–Crippen MR) is 95.8 cm³/mol. The van der Waals surface area contributed by atoms with Crippen molar-refractivity contribution in [2.75, 3.05) is 17.7 Å². The molecule has 0 aliphatic carbocycles. The first kappa shape index (κ1) is 18.4. The van der Waals surface area contributed by atoms with E-state index >= 15 is 0 Å². The van der Waals surface area contributed by atoms with Crippen molar-refractivity contribution in [1.82, 2.24) is 0 Å². The Morgan fingerprint density at radius 2 is 1.80 bits per heavy atom. The molecule has 0 spiro atoms. The van der Waals surface area contributed by atoms with Crippen LogP contribution in [0.4, 0.5) is 17.1 Å². The van der Waals surface area contributed by atoms with Crippen LogP contribution in [0.3, 0.4) is 0 Å². The number of aryl methyl sites for hydroxylation is 1. The molecule has 9 heteroatoms. The molecule has 0 fully saturated rings. The number of non-ortho nitro benzene ring substituents is 1. The van der Waals surface area contributed by atoms with Crippen molar-refractivity contribution in [3.05, 3.63) is 56.5 Å². The van der Waals surface area contributed by atoms with Gasteiger partial charge in [-0.15, -0.1) is 0 Å². The highest BCUT2D eigenvalue weighted by Gasteiger charge is 2.18. The van der Waals surface area contributed by atoms with Crippen molar-refractivity contribution >= 4 is 44.8 Å². The molecule has 2 aromatic rings. The fourth-order valence-electron chi connectivity index (χ4n) is 2.00. The van der Waals surface area contributed by atoms with Crippen LogP contribution < -0.4 is 15.4 Å². The van der Waals surface area contributed by atoms with Gasteiger partial charge in [0.05, 0.1) is 17.7 Å². The number of rotatable bonds is 4. The van der Waals surface area contributed by atoms with Gasteiger partial charge in [-0.2, -0.15) is 0 Å². The van der Waals surface area contributed by atoms with Gasteiger partial charge in [0.15, 0.2) is 0 Å². The highest BCUT2D eigenvalue weighted by molar-refractivity contribution is 9.10. The van der Waals surface area contributed by atoms with Crippen LogP contribution in [0.1, 0.15) is 5.56 Å². The molecule has 0 saturated heterocycles. The number of halogens is 1. The molecule has 2 amide bonds. The summed E-state index contributed by atoms with van der Waals surface area (Å²) in [6, 6.07) is 8.77. The summed E-state index contributed by atoms with van der Waals surface area (Å²) in [5, 5.41) is 15.6. The molecule has 2 aromatic carbocycles. The smallest absolute Gasteiger partial charge is 0.314 e. The Labute approximate surface area is 151 Å². The maximum atomic E-state index is 12.1. The minimum atomic E-state index is -0.973. The first-order valence-corrected chi connectivity index (χ1v) is 7.82. The largest absolute Gasteiger partial charge is 0.495 e. The van der Waals surface area contributed by atoms with E-state index in [9.17, 15) is 19.7 Å². The first-order valence-electron chi connectivity index (χ1n) is 7.02. The van der Waals surface area contributed by atoms with Gasteiger partial charge in [-0.25, -0.2) is 0 Å². The third-order valence-electron chi connectivity index (χ3n) is 3.26. The number of ether oxygens (including phenoxy) is 1. The second-order valence-electron chi connectivity index (χ2n) is 5.01. The third kappa shape index (κ3) is 4.54. The molecule has 0 bridgehead atoms. The Morgan fingerprint density at radius 1 is 1.12 bits per heavy atom. The second-order valence-corrected chi connectivity index (χ2v) is 5.87. The molecule has 0 aliphatic heterocycles. The zero-order valence-corrected chi connectivity index (χ0v) is 14.9. The highest BCUT2D eigenvalue weighted by atomic mass is 79.9. The maximum Gasteiger partial charge on any atom is 0.314 e. The number of nitro benzene ring substituents is 1. The molecule has 0 heterocycles. The molecule has 0 radical (unpaired) electrons. The number of hydrogen-bond acceptors (Lipinski definition) is 5. The number of carbonyl (C=O) groups excluding carboxylic acids is 2. The summed E-state index contributed by atoms with van der Waals surface area (Å²) >= 11 is 3.34. The fraction of sp³-hybridized carbons (Fsp3) is 0.125. The second kappa shape index (κ2) is 7.75. The van der Waals surface area contributed by atoms with Crippen molar-refractivity contribution in [2.45, 2.75) is 6.92 Å². The number of nitrogens with zero attached hydrogens (tertiary/aromatic N) is 1. The zero-order valence-electron chi connectivity index (χ0n) is 13.3. The Morgan fingerprint density at radius 3 is 2.40 bits per heavy atom. The molecule has 25 heavy (non-hydrogen) atoms. The van der Waals surface area contributed by atoms with Gasteiger partial charge in [0.25, 0.3) is 5.69 Å². The first-order chi connectivity index (χ1) is 11.8. The molecular weight excluding hydrogens is 394 g/mol. The molecule has 0 aromatic heterocycles. The van der Waals surface area contributed by atoms with E-state index in [-0.39, 0.29) is 17.1 Å². The van der Waals surface area contributed by atoms with E-state index in [1.165, 1.54) is 19.2 Å². The minimum Gasteiger partial charge on any atom is -0.495 e. The quantitative estimate of drug-likeness (QED) is 0.459. The number of methoxy groups -OCH3 is 1. The van der Waals surface area contributed by atoms with Crippen molar-refractivity contribution < 1.29 is 19.2 Å². The summed E-state index contributed by atoms with van der Waals surface area (Å²) in [4.78, 5) is 34.3. The lowest BCUT2D eigenvalue weighted by atomic mass is 10.2. The van der Waals surface area contributed by atoms with Crippen LogP contribution in [-0.4, -0.2) is 23.8 Å². The molecule has 0 atom stereocenters. The maximum absolute atomic E-state index is 12.1. The summed E-state index contributed by atoms with van der Waals surface area (Å²) < 4.78 is 5.91. The Balaban J connectivity index is 2.15. The summed E-state index contributed by atoms with van der Waals surface area (Å²) in [5.74, 6) is -1.68. The van der Waals surface area contributed by atoms with Gasteiger partial charge in [-0.1, -0.05) is 15.9 Å². The van der Waals surface area contributed by atoms with Crippen molar-refractivity contribution in [3.8, 4) is 5.75 Å². The Bertz CT molecular complexity index is 854. The van der Waals surface area contributed by atoms with E-state index in [0.29, 0.717) is 5.69 Å². The van der Waals surface area contributed by atoms with Gasteiger partial charge in [0, 0.05) is 22.3 Å². The number of nitro groups is 1. The van der Waals surface area contributed by atoms with Gasteiger partial charge in [-0.3, -0.25) is 19.7 Å². The normalized spacial score (nSPS) is 10.0. The van der Waals surface area contributed by atoms with E-state index in [1.54, 1.807) is 18.2 Å². The van der Waals surface area contributed by atoms with Crippen LogP contribution in [0.2, 0.25) is 0 Å². The van der Waals surface area contributed by atoms with Gasteiger partial charge >= 0.3 is 11.8 Å². The van der Waals surface area contributed by atoms with Crippen LogP contribution in [0, 0.1) is 17.0 Å². The predicted octanol–water partition coefficient (Wildman–Crippen LogP) is 3.25. The molecule has 0 aliphatic rings. The number of anilines is 2. The lowest BCUT2D eigenvalue weighted by Gasteiger charge is -2.10. The summed E-state index contributed by atoms with van der Waals surface area (Å²) in [6.07, 6.45) is 0. The number of carbonyl (C=O) groups is 2. The van der Waals surface area contributed by atoms with Crippen LogP contribution in [0.25, 0.3) is 0 Å². The lowest BCUT2D eigenvalue weighted by molar-refractivity contribution is -0.384. The summed E-state index contributed by atoms with van der Waals surface area (Å²) in [7, 11) is 1.35. The SMILES string of the molecule is COc1ccc([N+](=O)[O-])cc1NC(=O)C(=O)Nc1ccc(Br)c(C)c1. The molecule has 2 rings (SSSR count). The molecule has 130 valence electrons. The fourth-order valence-corrected chi connectivity index (χ4v) is 2.24. The van der Waals surface area contributed by atoms with E-state index in [1.807, 2.05) is 6.92 Å². The summed E-state index contributed by atoms with van der Waals surface area (Å²) in [6.45, 7) is 1.84. The average molecular weight is 408 g/mol. The third-order valence-corrected chi connectivity index (χ3v) is 4.15. The Kier molecular flexibility index (Phi) is 5.71. The molecule has 2 N–H and O–H groups in total. The monoisotopic (exact) mass is 407 g/mol. The summed E-state index contributed by atoms with van der Waals surface area (Å²) in [5.41, 5.74) is 1.13. The zero-order chi connectivity index (χ0) is 18.6. The van der Waals surface area contributed by atoms with Crippen LogP contribution in [0.15, 0.2) is 40.9 Å². The minimum absolute atomic E-state index is 0.0313. The van der Waals surface area contributed by atoms with E-state index < -0.39 is 16.7 Å².